The third-order valence-corrected chi connectivity index (χ3v) is 2.76. The Morgan fingerprint density at radius 1 is 1.45 bits per heavy atom. The Labute approximate surface area is 115 Å². The zero-order chi connectivity index (χ0) is 14.5. The summed E-state index contributed by atoms with van der Waals surface area (Å²) in [6, 6.07) is 7.01. The lowest BCUT2D eigenvalue weighted by Crippen LogP contribution is -2.40. The molecule has 7 nitrogen and oxygen atoms in total. The van der Waals surface area contributed by atoms with Crippen LogP contribution in [0.3, 0.4) is 0 Å². The third kappa shape index (κ3) is 2.77. The smallest absolute Gasteiger partial charge is 0.294 e. The molecule has 0 saturated carbocycles. The molecule has 0 spiro atoms. The lowest BCUT2D eigenvalue weighted by molar-refractivity contribution is -0.126. The van der Waals surface area contributed by atoms with Crippen molar-refractivity contribution in [2.45, 2.75) is 19.8 Å². The number of para-hydroxylation sites is 1. The van der Waals surface area contributed by atoms with Gasteiger partial charge < -0.3 is 4.84 Å². The molecule has 0 fully saturated rings. The number of nitrogens with one attached hydrogen (secondary N) is 1. The highest BCUT2D eigenvalue weighted by Crippen LogP contribution is 2.08. The van der Waals surface area contributed by atoms with E-state index in [0.717, 1.165) is 11.2 Å². The largest absolute Gasteiger partial charge is 0.399 e. The van der Waals surface area contributed by atoms with Gasteiger partial charge in [0.15, 0.2) is 6.61 Å². The number of aromatic nitrogens is 2. The molecule has 0 aliphatic rings. The number of hydrogen-bond donors (Lipinski definition) is 2. The molecule has 0 saturated heterocycles. The van der Waals surface area contributed by atoms with Gasteiger partial charge >= 0.3 is 0 Å². The summed E-state index contributed by atoms with van der Waals surface area (Å²) in [5.74, 6) is 4.95. The van der Waals surface area contributed by atoms with E-state index >= 15 is 0 Å². The topological polar surface area (TPSA) is 99.2 Å². The van der Waals surface area contributed by atoms with Gasteiger partial charge in [0, 0.05) is 6.42 Å². The number of benzene rings is 1. The maximum Gasteiger partial charge on any atom is 0.294 e. The summed E-state index contributed by atoms with van der Waals surface area (Å²) in [5, 5.41) is 0.445. The van der Waals surface area contributed by atoms with Crippen LogP contribution in [0.2, 0.25) is 0 Å². The lowest BCUT2D eigenvalue weighted by Gasteiger charge is -2.13. The van der Waals surface area contributed by atoms with E-state index in [1.54, 1.807) is 18.2 Å². The molecule has 7 heteroatoms. The van der Waals surface area contributed by atoms with Crippen LogP contribution >= 0.6 is 0 Å². The average Bonchev–Trinajstić information content (AvgIpc) is 2.47. The van der Waals surface area contributed by atoms with Gasteiger partial charge in [0.05, 0.1) is 10.9 Å². The van der Waals surface area contributed by atoms with Gasteiger partial charge in [-0.3, -0.25) is 15.0 Å². The quantitative estimate of drug-likeness (QED) is 0.446. The number of hydrogen-bond acceptors (Lipinski definition) is 5. The Morgan fingerprint density at radius 2 is 2.20 bits per heavy atom. The molecule has 2 aromatic rings. The minimum absolute atomic E-state index is 0.330. The van der Waals surface area contributed by atoms with E-state index in [9.17, 15) is 9.59 Å². The molecule has 2 rings (SSSR count). The first-order valence-electron chi connectivity index (χ1n) is 6.30. The van der Waals surface area contributed by atoms with Crippen LogP contribution < -0.4 is 21.7 Å². The number of rotatable bonds is 5. The van der Waals surface area contributed by atoms with Crippen LogP contribution in [-0.2, 0) is 11.2 Å². The van der Waals surface area contributed by atoms with Crippen molar-refractivity contribution in [2.24, 2.45) is 5.84 Å². The summed E-state index contributed by atoms with van der Waals surface area (Å²) in [6.45, 7) is 1.63. The molecule has 1 amide bonds. The van der Waals surface area contributed by atoms with E-state index in [1.807, 2.05) is 18.4 Å². The first kappa shape index (κ1) is 14.0. The van der Waals surface area contributed by atoms with Crippen LogP contribution in [0.1, 0.15) is 19.2 Å². The molecule has 3 N–H and O–H groups in total. The van der Waals surface area contributed by atoms with Crippen LogP contribution in [0.5, 0.6) is 0 Å². The fraction of sp³-hybridized carbons (Fsp3) is 0.308. The molecular weight excluding hydrogens is 260 g/mol. The number of amides is 1. The van der Waals surface area contributed by atoms with Crippen molar-refractivity contribution in [2.75, 3.05) is 6.61 Å². The van der Waals surface area contributed by atoms with E-state index in [0.29, 0.717) is 23.1 Å². The van der Waals surface area contributed by atoms with Gasteiger partial charge in [-0.05, 0) is 18.6 Å². The van der Waals surface area contributed by atoms with Crippen molar-refractivity contribution in [3.63, 3.8) is 0 Å². The zero-order valence-electron chi connectivity index (χ0n) is 11.1. The number of carbonyl (C=O) groups excluding carboxylic acids is 1. The highest BCUT2D eigenvalue weighted by atomic mass is 16.7. The fourth-order valence-corrected chi connectivity index (χ4v) is 1.84. The van der Waals surface area contributed by atoms with E-state index in [-0.39, 0.29) is 12.2 Å². The van der Waals surface area contributed by atoms with Gasteiger partial charge in [-0.1, -0.05) is 19.1 Å². The second-order valence-corrected chi connectivity index (χ2v) is 4.24. The number of carbonyl (C=O) groups is 1. The molecule has 20 heavy (non-hydrogen) atoms. The number of aryl methyl sites for hydroxylation is 1. The summed E-state index contributed by atoms with van der Waals surface area (Å²) in [4.78, 5) is 33.1. The molecular formula is C13H16N4O3. The van der Waals surface area contributed by atoms with Crippen LogP contribution in [-0.4, -0.2) is 22.2 Å². The third-order valence-electron chi connectivity index (χ3n) is 2.76. The van der Waals surface area contributed by atoms with Crippen molar-refractivity contribution in [1.29, 1.82) is 0 Å². The minimum atomic E-state index is -0.521. The minimum Gasteiger partial charge on any atom is -0.399 e. The highest BCUT2D eigenvalue weighted by molar-refractivity contribution is 5.77. The number of nitrogens with zero attached hydrogens (tertiary/aromatic N) is 2. The number of hydrazine groups is 1. The Kier molecular flexibility index (Phi) is 4.31. The molecule has 0 radical (unpaired) electrons. The van der Waals surface area contributed by atoms with Gasteiger partial charge in [-0.2, -0.15) is 0 Å². The van der Waals surface area contributed by atoms with E-state index in [4.69, 9.17) is 10.7 Å². The van der Waals surface area contributed by atoms with E-state index in [2.05, 4.69) is 4.98 Å². The van der Waals surface area contributed by atoms with E-state index in [1.165, 1.54) is 0 Å². The van der Waals surface area contributed by atoms with Crippen molar-refractivity contribution in [1.82, 2.24) is 15.1 Å². The van der Waals surface area contributed by atoms with Crippen LogP contribution in [0.15, 0.2) is 29.1 Å². The monoisotopic (exact) mass is 276 g/mol. The summed E-state index contributed by atoms with van der Waals surface area (Å²) < 4.78 is 1.07. The first-order valence-corrected chi connectivity index (χ1v) is 6.30. The van der Waals surface area contributed by atoms with E-state index < -0.39 is 5.91 Å². The predicted molar refractivity (Wildman–Crippen MR) is 73.8 cm³/mol. The van der Waals surface area contributed by atoms with Crippen molar-refractivity contribution < 1.29 is 9.63 Å². The number of nitrogens with two attached hydrogens (primary N) is 1. The Hall–Kier alpha value is -2.41. The number of fused-ring (bicyclic) bond motifs is 1. The molecule has 0 atom stereocenters. The Bertz CT molecular complexity index is 681. The van der Waals surface area contributed by atoms with Gasteiger partial charge in [0.2, 0.25) is 0 Å². The lowest BCUT2D eigenvalue weighted by atomic mass is 10.2. The molecule has 0 aliphatic heterocycles. The maximum atomic E-state index is 12.4. The predicted octanol–water partition coefficient (Wildman–Crippen LogP) is -0.232. The normalized spacial score (nSPS) is 10.5. The van der Waals surface area contributed by atoms with Crippen LogP contribution in [0.25, 0.3) is 10.9 Å². The second-order valence-electron chi connectivity index (χ2n) is 4.24. The molecule has 1 aromatic heterocycles. The molecule has 0 aliphatic carbocycles. The van der Waals surface area contributed by atoms with Gasteiger partial charge in [0.1, 0.15) is 5.82 Å². The van der Waals surface area contributed by atoms with Crippen molar-refractivity contribution in [3.05, 3.63) is 40.4 Å². The summed E-state index contributed by atoms with van der Waals surface area (Å²) >= 11 is 0. The molecule has 1 heterocycles. The van der Waals surface area contributed by atoms with Gasteiger partial charge in [-0.25, -0.2) is 10.8 Å². The molecule has 106 valence electrons. The van der Waals surface area contributed by atoms with Gasteiger partial charge in [-0.15, -0.1) is 4.73 Å². The summed E-state index contributed by atoms with van der Waals surface area (Å²) in [6.07, 6.45) is 1.38. The second kappa shape index (κ2) is 6.16. The summed E-state index contributed by atoms with van der Waals surface area (Å²) in [7, 11) is 0. The SMILES string of the molecule is CCCc1nc2ccccc2c(=O)n1OCC(=O)NN. The maximum absolute atomic E-state index is 12.4. The Morgan fingerprint density at radius 3 is 2.90 bits per heavy atom. The average molecular weight is 276 g/mol. The molecule has 0 unspecified atom stereocenters. The van der Waals surface area contributed by atoms with Crippen LogP contribution in [0, 0.1) is 0 Å². The van der Waals surface area contributed by atoms with Crippen molar-refractivity contribution >= 4 is 16.8 Å². The Balaban J connectivity index is 2.48. The standard InChI is InChI=1S/C13H16N4O3/c1-2-5-11-15-10-7-4-3-6-9(10)13(19)17(11)20-8-12(18)16-14/h3-4,6-7H,2,5,8,14H2,1H3,(H,16,18). The van der Waals surface area contributed by atoms with Crippen LogP contribution in [0.4, 0.5) is 0 Å². The van der Waals surface area contributed by atoms with Crippen molar-refractivity contribution in [3.8, 4) is 0 Å². The molecule has 0 bridgehead atoms. The summed E-state index contributed by atoms with van der Waals surface area (Å²) in [5.41, 5.74) is 2.23. The zero-order valence-corrected chi connectivity index (χ0v) is 11.1. The first-order chi connectivity index (χ1) is 9.67. The fourth-order valence-electron chi connectivity index (χ4n) is 1.84. The highest BCUT2D eigenvalue weighted by Gasteiger charge is 2.12. The van der Waals surface area contributed by atoms with Gasteiger partial charge in [0.25, 0.3) is 11.5 Å². The molecule has 1 aromatic carbocycles.